The van der Waals surface area contributed by atoms with Crippen LogP contribution in [0, 0.1) is 5.41 Å². The number of halogens is 1. The number of nitrogens with zero attached hydrogens (tertiary/aromatic N) is 2. The van der Waals surface area contributed by atoms with E-state index in [9.17, 15) is 9.59 Å². The number of ketones is 1. The molecule has 1 aromatic heterocycles. The minimum Gasteiger partial charge on any atom is -0.494 e. The van der Waals surface area contributed by atoms with Crippen LogP contribution in [0.3, 0.4) is 0 Å². The van der Waals surface area contributed by atoms with Crippen LogP contribution >= 0.6 is 11.6 Å². The van der Waals surface area contributed by atoms with Gasteiger partial charge in [-0.05, 0) is 41.5 Å². The molecule has 192 valence electrons. The van der Waals surface area contributed by atoms with Crippen LogP contribution in [0.2, 0.25) is 5.02 Å². The number of methoxy groups -OCH3 is 1. The van der Waals surface area contributed by atoms with Crippen LogP contribution in [0.4, 0.5) is 5.69 Å². The molecular formula is C29H30ClN3O4. The van der Waals surface area contributed by atoms with Gasteiger partial charge in [-0.15, -0.1) is 0 Å². The predicted molar refractivity (Wildman–Crippen MR) is 147 cm³/mol. The molecule has 0 atom stereocenters. The number of carbonyl (C=O) groups is 2. The van der Waals surface area contributed by atoms with Crippen molar-refractivity contribution in [1.29, 1.82) is 0 Å². The van der Waals surface area contributed by atoms with E-state index in [1.807, 2.05) is 12.1 Å². The van der Waals surface area contributed by atoms with Crippen LogP contribution in [0.1, 0.15) is 39.7 Å². The summed E-state index contributed by atoms with van der Waals surface area (Å²) in [6.45, 7) is 8.37. The third-order valence-corrected chi connectivity index (χ3v) is 6.23. The number of benzene rings is 2. The van der Waals surface area contributed by atoms with Crippen molar-refractivity contribution in [2.75, 3.05) is 19.0 Å². The Balaban J connectivity index is 1.49. The first-order chi connectivity index (χ1) is 17.5. The van der Waals surface area contributed by atoms with Crippen LogP contribution in [0.15, 0.2) is 59.2 Å². The number of Topliss-reactive ketones (excluding diaryl/α,β-unsaturated/α-hetero) is 1. The molecule has 0 saturated carbocycles. The lowest BCUT2D eigenvalue weighted by atomic mass is 9.89. The van der Waals surface area contributed by atoms with Crippen molar-refractivity contribution in [3.8, 4) is 17.2 Å². The van der Waals surface area contributed by atoms with Gasteiger partial charge in [-0.25, -0.2) is 0 Å². The minimum absolute atomic E-state index is 0.0220. The molecule has 0 saturated heterocycles. The largest absolute Gasteiger partial charge is 0.494 e. The van der Waals surface area contributed by atoms with Gasteiger partial charge in [0.1, 0.15) is 23.0 Å². The molecule has 4 rings (SSSR count). The van der Waals surface area contributed by atoms with Gasteiger partial charge < -0.3 is 14.8 Å². The summed E-state index contributed by atoms with van der Waals surface area (Å²) in [5, 5.41) is 3.84. The molecule has 7 nitrogen and oxygen atoms in total. The molecular weight excluding hydrogens is 490 g/mol. The molecule has 0 radical (unpaired) electrons. The van der Waals surface area contributed by atoms with E-state index in [2.05, 4.69) is 36.1 Å². The smallest absolute Gasteiger partial charge is 0.221 e. The summed E-state index contributed by atoms with van der Waals surface area (Å²) in [4.78, 5) is 33.3. The Morgan fingerprint density at radius 1 is 1.05 bits per heavy atom. The Labute approximate surface area is 221 Å². The number of hydrogen-bond donors (Lipinski definition) is 1. The number of aliphatic imine (C=N–C) groups is 1. The van der Waals surface area contributed by atoms with Gasteiger partial charge in [-0.1, -0.05) is 38.4 Å². The van der Waals surface area contributed by atoms with Crippen molar-refractivity contribution in [3.05, 3.63) is 64.8 Å². The number of anilines is 1. The van der Waals surface area contributed by atoms with Crippen LogP contribution in [0.5, 0.6) is 17.2 Å². The summed E-state index contributed by atoms with van der Waals surface area (Å²) < 4.78 is 11.5. The van der Waals surface area contributed by atoms with E-state index in [-0.39, 0.29) is 23.5 Å². The first-order valence-electron chi connectivity index (χ1n) is 12.0. The van der Waals surface area contributed by atoms with Crippen molar-refractivity contribution in [3.63, 3.8) is 0 Å². The van der Waals surface area contributed by atoms with E-state index in [4.69, 9.17) is 21.1 Å². The molecule has 37 heavy (non-hydrogen) atoms. The maximum Gasteiger partial charge on any atom is 0.221 e. The molecule has 0 fully saturated rings. The number of hydrogen-bond acceptors (Lipinski definition) is 6. The van der Waals surface area contributed by atoms with Crippen molar-refractivity contribution in [2.24, 2.45) is 10.4 Å². The van der Waals surface area contributed by atoms with Crippen molar-refractivity contribution >= 4 is 45.6 Å². The Bertz CT molecular complexity index is 1440. The number of amides is 1. The van der Waals surface area contributed by atoms with Gasteiger partial charge in [0.15, 0.2) is 0 Å². The topological polar surface area (TPSA) is 89.9 Å². The van der Waals surface area contributed by atoms with E-state index in [1.54, 1.807) is 36.5 Å². The molecule has 1 N–H and O–H groups in total. The number of aromatic nitrogens is 1. The number of nitrogens with one attached hydrogen (secondary N) is 1. The molecule has 1 aliphatic rings. The molecule has 0 spiro atoms. The van der Waals surface area contributed by atoms with E-state index in [0.717, 1.165) is 16.8 Å². The average Bonchev–Trinajstić information content (AvgIpc) is 3.29. The maximum absolute atomic E-state index is 12.7. The van der Waals surface area contributed by atoms with E-state index in [1.165, 1.54) is 14.0 Å². The third kappa shape index (κ3) is 6.35. The minimum atomic E-state index is -0.219. The number of rotatable bonds is 8. The van der Waals surface area contributed by atoms with E-state index >= 15 is 0 Å². The highest BCUT2D eigenvalue weighted by Crippen LogP contribution is 2.38. The molecule has 8 heteroatoms. The van der Waals surface area contributed by atoms with Gasteiger partial charge >= 0.3 is 0 Å². The number of fused-ring (bicyclic) bond motifs is 1. The summed E-state index contributed by atoms with van der Waals surface area (Å²) in [6.07, 6.45) is 4.33. The van der Waals surface area contributed by atoms with Gasteiger partial charge in [0.2, 0.25) is 5.91 Å². The SMILES string of the molecule is COc1cc2nccc(Oc3ccc(CC(=O)CC4=CC(C(C)(C)C)=NC4)cc3Cl)c2cc1NC(C)=O. The Hall–Kier alpha value is -3.71. The monoisotopic (exact) mass is 519 g/mol. The van der Waals surface area contributed by atoms with Gasteiger partial charge in [0.25, 0.3) is 0 Å². The van der Waals surface area contributed by atoms with Gasteiger partial charge in [-0.3, -0.25) is 19.6 Å². The fraction of sp³-hybridized carbons (Fsp3) is 0.310. The first kappa shape index (κ1) is 26.4. The predicted octanol–water partition coefficient (Wildman–Crippen LogP) is 6.58. The highest BCUT2D eigenvalue weighted by Gasteiger charge is 2.22. The molecule has 2 aromatic carbocycles. The second kappa shape index (κ2) is 10.7. The summed E-state index contributed by atoms with van der Waals surface area (Å²) >= 11 is 6.54. The number of carbonyl (C=O) groups excluding carboxylic acids is 2. The lowest BCUT2D eigenvalue weighted by Gasteiger charge is -2.16. The van der Waals surface area contributed by atoms with Gasteiger partial charge in [-0.2, -0.15) is 0 Å². The van der Waals surface area contributed by atoms with E-state index in [0.29, 0.717) is 51.8 Å². The van der Waals surface area contributed by atoms with Crippen molar-refractivity contribution in [2.45, 2.75) is 40.5 Å². The molecule has 1 amide bonds. The molecule has 0 bridgehead atoms. The lowest BCUT2D eigenvalue weighted by Crippen LogP contribution is -2.16. The zero-order valence-electron chi connectivity index (χ0n) is 21.6. The summed E-state index contributed by atoms with van der Waals surface area (Å²) in [6, 6.07) is 10.6. The Kier molecular flexibility index (Phi) is 7.64. The highest BCUT2D eigenvalue weighted by molar-refractivity contribution is 6.32. The zero-order chi connectivity index (χ0) is 26.7. The summed E-state index contributed by atoms with van der Waals surface area (Å²) in [5.41, 5.74) is 4.02. The van der Waals surface area contributed by atoms with Crippen molar-refractivity contribution in [1.82, 2.24) is 4.98 Å². The van der Waals surface area contributed by atoms with Crippen LogP contribution in [-0.4, -0.2) is 36.0 Å². The highest BCUT2D eigenvalue weighted by atomic mass is 35.5. The van der Waals surface area contributed by atoms with Gasteiger partial charge in [0.05, 0.1) is 29.9 Å². The van der Waals surface area contributed by atoms with Crippen LogP contribution < -0.4 is 14.8 Å². The second-order valence-electron chi connectivity index (χ2n) is 10.1. The quantitative estimate of drug-likeness (QED) is 0.363. The normalized spacial score (nSPS) is 13.2. The summed E-state index contributed by atoms with van der Waals surface area (Å²) in [5.74, 6) is 1.36. The summed E-state index contributed by atoms with van der Waals surface area (Å²) in [7, 11) is 1.53. The zero-order valence-corrected chi connectivity index (χ0v) is 22.4. The molecule has 2 heterocycles. The molecule has 0 aliphatic carbocycles. The van der Waals surface area contributed by atoms with Crippen molar-refractivity contribution < 1.29 is 19.1 Å². The van der Waals surface area contributed by atoms with Crippen LogP contribution in [0.25, 0.3) is 10.9 Å². The fourth-order valence-corrected chi connectivity index (χ4v) is 4.37. The number of allylic oxidation sites excluding steroid dienone is 1. The molecule has 3 aromatic rings. The fourth-order valence-electron chi connectivity index (χ4n) is 4.12. The van der Waals surface area contributed by atoms with E-state index < -0.39 is 0 Å². The lowest BCUT2D eigenvalue weighted by molar-refractivity contribution is -0.118. The third-order valence-electron chi connectivity index (χ3n) is 5.94. The van der Waals surface area contributed by atoms with Crippen LogP contribution in [-0.2, 0) is 16.0 Å². The average molecular weight is 520 g/mol. The second-order valence-corrected chi connectivity index (χ2v) is 10.5. The first-order valence-corrected chi connectivity index (χ1v) is 12.4. The molecule has 1 aliphatic heterocycles. The Morgan fingerprint density at radius 3 is 2.49 bits per heavy atom. The Morgan fingerprint density at radius 2 is 1.84 bits per heavy atom. The number of pyridine rings is 1. The number of ether oxygens (including phenoxy) is 2. The standard InChI is InChI=1S/C29H30ClN3O4/c1-17(34)33-24-14-21-23(15-27(24)36-5)31-9-8-25(21)37-26-7-6-18(12-22(26)30)10-20(35)11-19-13-28(32-16-19)29(2,3)4/h6-9,12-15H,10-11,16H2,1-5H3,(H,33,34). The maximum atomic E-state index is 12.7. The molecule has 0 unspecified atom stereocenters. The van der Waals surface area contributed by atoms with Gasteiger partial charge in [0, 0.05) is 48.5 Å².